The summed E-state index contributed by atoms with van der Waals surface area (Å²) in [5.41, 5.74) is 1.59. The Bertz CT molecular complexity index is 1310. The summed E-state index contributed by atoms with van der Waals surface area (Å²) < 4.78 is 37.8. The average molecular weight is 591 g/mol. The number of nitrogens with zero attached hydrogens (tertiary/aromatic N) is 7. The van der Waals surface area contributed by atoms with Crippen molar-refractivity contribution in [2.75, 3.05) is 11.3 Å². The van der Waals surface area contributed by atoms with Crippen molar-refractivity contribution in [2.45, 2.75) is 85.3 Å². The molecule has 3 rings (SSSR count). The number of ether oxygens (including phenoxy) is 2. The lowest BCUT2D eigenvalue weighted by Gasteiger charge is -2.20. The maximum atomic E-state index is 12.2. The van der Waals surface area contributed by atoms with Gasteiger partial charge in [0, 0.05) is 25.3 Å². The van der Waals surface area contributed by atoms with Crippen LogP contribution in [-0.2, 0) is 62.6 Å². The zero-order chi connectivity index (χ0) is 30.2. The lowest BCUT2D eigenvalue weighted by atomic mass is 10.1. The molecule has 0 fully saturated rings. The van der Waals surface area contributed by atoms with Crippen LogP contribution >= 0.6 is 0 Å². The molecule has 1 N–H and O–H groups in total. The number of nitrogens with one attached hydrogen (secondary N) is 1. The van der Waals surface area contributed by atoms with Crippen LogP contribution < -0.4 is 4.72 Å². The molecule has 41 heavy (non-hydrogen) atoms. The first-order chi connectivity index (χ1) is 19.1. The summed E-state index contributed by atoms with van der Waals surface area (Å²) in [6.45, 7) is 12.1. The quantitative estimate of drug-likeness (QED) is 0.220. The molecule has 0 saturated carbocycles. The Kier molecular flexibility index (Phi) is 10.6. The van der Waals surface area contributed by atoms with E-state index in [1.54, 1.807) is 66.1 Å². The highest BCUT2D eigenvalue weighted by Crippen LogP contribution is 2.14. The number of benzene rings is 1. The lowest BCUT2D eigenvalue weighted by molar-refractivity contribution is -0.157. The van der Waals surface area contributed by atoms with Crippen molar-refractivity contribution >= 4 is 28.5 Å². The SMILES string of the molecule is CC(C)(C)OC(=O)Cn1cc(CN(CCc2ccc(N[SH](=O)=O)cc2)Cc2cn(CC(=O)OC(C)(C)C)nn2)nn1. The molecule has 0 aliphatic carbocycles. The normalized spacial score (nSPS) is 12.1. The van der Waals surface area contributed by atoms with Crippen LogP contribution in [0.15, 0.2) is 36.7 Å². The van der Waals surface area contributed by atoms with E-state index >= 15 is 0 Å². The monoisotopic (exact) mass is 590 g/mol. The largest absolute Gasteiger partial charge is 0.459 e. The second kappa shape index (κ2) is 13.7. The van der Waals surface area contributed by atoms with Gasteiger partial charge in [-0.05, 0) is 65.7 Å². The number of aromatic nitrogens is 6. The molecule has 15 heteroatoms. The number of rotatable bonds is 13. The molecule has 0 radical (unpaired) electrons. The summed E-state index contributed by atoms with van der Waals surface area (Å²) in [6, 6.07) is 7.12. The van der Waals surface area contributed by atoms with Crippen molar-refractivity contribution in [3.8, 4) is 0 Å². The molecule has 0 aliphatic heterocycles. The molecule has 2 aromatic heterocycles. The summed E-state index contributed by atoms with van der Waals surface area (Å²) in [6.07, 6.45) is 4.05. The topological polar surface area (TPSA) is 163 Å². The van der Waals surface area contributed by atoms with E-state index in [1.165, 1.54) is 9.36 Å². The maximum absolute atomic E-state index is 12.2. The molecule has 2 heterocycles. The Labute approximate surface area is 241 Å². The van der Waals surface area contributed by atoms with Gasteiger partial charge in [-0.2, -0.15) is 0 Å². The first-order valence-electron chi connectivity index (χ1n) is 13.1. The minimum Gasteiger partial charge on any atom is -0.459 e. The fourth-order valence-corrected chi connectivity index (χ4v) is 4.16. The van der Waals surface area contributed by atoms with Gasteiger partial charge in [-0.3, -0.25) is 19.2 Å². The van der Waals surface area contributed by atoms with Crippen LogP contribution in [0.1, 0.15) is 58.5 Å². The van der Waals surface area contributed by atoms with E-state index < -0.39 is 34.0 Å². The highest BCUT2D eigenvalue weighted by Gasteiger charge is 2.19. The molecule has 0 aliphatic rings. The lowest BCUT2D eigenvalue weighted by Crippen LogP contribution is -2.27. The predicted octanol–water partition coefficient (Wildman–Crippen LogP) is 1.74. The molecule has 3 aromatic rings. The number of anilines is 1. The van der Waals surface area contributed by atoms with E-state index in [0.29, 0.717) is 43.1 Å². The van der Waals surface area contributed by atoms with Crippen molar-refractivity contribution in [1.82, 2.24) is 34.9 Å². The van der Waals surface area contributed by atoms with Gasteiger partial charge in [0.1, 0.15) is 24.3 Å². The fourth-order valence-electron chi connectivity index (χ4n) is 3.80. The third-order valence-electron chi connectivity index (χ3n) is 5.26. The molecule has 0 bridgehead atoms. The minimum absolute atomic E-state index is 0.0570. The van der Waals surface area contributed by atoms with Crippen LogP contribution in [0.3, 0.4) is 0 Å². The molecule has 1 aromatic carbocycles. The smallest absolute Gasteiger partial charge is 0.328 e. The van der Waals surface area contributed by atoms with Crippen LogP contribution in [0.2, 0.25) is 0 Å². The van der Waals surface area contributed by atoms with Crippen molar-refractivity contribution in [2.24, 2.45) is 0 Å². The van der Waals surface area contributed by atoms with Gasteiger partial charge in [0.15, 0.2) is 0 Å². The number of hydrogen-bond acceptors (Lipinski definition) is 11. The Balaban J connectivity index is 1.68. The second-order valence-electron chi connectivity index (χ2n) is 11.5. The number of hydrogen-bond donors (Lipinski definition) is 2. The molecular weight excluding hydrogens is 552 g/mol. The van der Waals surface area contributed by atoms with Crippen LogP contribution in [0, 0.1) is 0 Å². The molecular formula is C26H38N8O6S. The zero-order valence-corrected chi connectivity index (χ0v) is 25.1. The summed E-state index contributed by atoms with van der Waals surface area (Å²) in [5.74, 6) is -0.821. The van der Waals surface area contributed by atoms with Crippen molar-refractivity contribution < 1.29 is 27.5 Å². The van der Waals surface area contributed by atoms with E-state index in [4.69, 9.17) is 9.47 Å². The van der Waals surface area contributed by atoms with E-state index in [1.807, 2.05) is 12.1 Å². The highest BCUT2D eigenvalue weighted by atomic mass is 32.2. The average Bonchev–Trinajstić information content (AvgIpc) is 3.44. The number of carbonyl (C=O) groups excluding carboxylic acids is 2. The van der Waals surface area contributed by atoms with Crippen molar-refractivity contribution in [3.05, 3.63) is 53.6 Å². The Morgan fingerprint density at radius 1 is 0.829 bits per heavy atom. The summed E-state index contributed by atoms with van der Waals surface area (Å²) >= 11 is 0. The van der Waals surface area contributed by atoms with Gasteiger partial charge in [0.2, 0.25) is 10.9 Å². The molecule has 0 amide bonds. The van der Waals surface area contributed by atoms with Crippen molar-refractivity contribution in [3.63, 3.8) is 0 Å². The van der Waals surface area contributed by atoms with Crippen LogP contribution in [-0.4, -0.2) is 73.0 Å². The highest BCUT2D eigenvalue weighted by molar-refractivity contribution is 7.73. The Hall–Kier alpha value is -3.85. The van der Waals surface area contributed by atoms with Gasteiger partial charge < -0.3 is 9.47 Å². The van der Waals surface area contributed by atoms with Gasteiger partial charge in [-0.15, -0.1) is 10.2 Å². The van der Waals surface area contributed by atoms with Gasteiger partial charge in [-0.1, -0.05) is 22.6 Å². The summed E-state index contributed by atoms with van der Waals surface area (Å²) in [5, 5.41) is 16.6. The zero-order valence-electron chi connectivity index (χ0n) is 24.2. The molecule has 0 saturated heterocycles. The molecule has 14 nitrogen and oxygen atoms in total. The molecule has 0 spiro atoms. The summed E-state index contributed by atoms with van der Waals surface area (Å²) in [7, 11) is -2.73. The van der Waals surface area contributed by atoms with E-state index in [9.17, 15) is 18.0 Å². The van der Waals surface area contributed by atoms with E-state index in [-0.39, 0.29) is 13.1 Å². The molecule has 0 atom stereocenters. The number of carbonyl (C=O) groups is 2. The maximum Gasteiger partial charge on any atom is 0.328 e. The number of thiol groups is 1. The van der Waals surface area contributed by atoms with Crippen LogP contribution in [0.4, 0.5) is 5.69 Å². The Morgan fingerprint density at radius 3 is 1.71 bits per heavy atom. The Morgan fingerprint density at radius 2 is 1.29 bits per heavy atom. The standard InChI is InChI=1S/C26H38N8O6S/c1-25(2,3)39-23(35)17-33-15-21(27-30-33)13-32(12-11-19-7-9-20(10-8-19)29-41(37)38)14-22-16-34(31-28-22)18-24(36)40-26(4,5)6/h7-10,15-16,41H,11-14,17-18H2,1-6H3,(H,29,37,38). The number of esters is 2. The molecule has 224 valence electrons. The van der Waals surface area contributed by atoms with Crippen molar-refractivity contribution in [1.29, 1.82) is 0 Å². The van der Waals surface area contributed by atoms with Gasteiger partial charge >= 0.3 is 11.9 Å². The van der Waals surface area contributed by atoms with Gasteiger partial charge in [0.25, 0.3) is 0 Å². The van der Waals surface area contributed by atoms with Crippen LogP contribution in [0.25, 0.3) is 0 Å². The van der Waals surface area contributed by atoms with E-state index in [0.717, 1.165) is 5.56 Å². The first-order valence-corrected chi connectivity index (χ1v) is 14.3. The third kappa shape index (κ3) is 12.0. The third-order valence-corrected chi connectivity index (χ3v) is 5.70. The van der Waals surface area contributed by atoms with Gasteiger partial charge in [0.05, 0.1) is 23.8 Å². The fraction of sp³-hybridized carbons (Fsp3) is 0.538. The van der Waals surface area contributed by atoms with Gasteiger partial charge in [-0.25, -0.2) is 17.8 Å². The summed E-state index contributed by atoms with van der Waals surface area (Å²) in [4.78, 5) is 26.5. The minimum atomic E-state index is -2.73. The van der Waals surface area contributed by atoms with Crippen LogP contribution in [0.5, 0.6) is 0 Å². The first kappa shape index (κ1) is 31.7. The van der Waals surface area contributed by atoms with E-state index in [2.05, 4.69) is 30.2 Å². The second-order valence-corrected chi connectivity index (χ2v) is 12.3. The molecule has 0 unspecified atom stereocenters. The predicted molar refractivity (Wildman–Crippen MR) is 150 cm³/mol.